The molecule has 136 valence electrons. The third-order valence-corrected chi connectivity index (χ3v) is 5.17. The Morgan fingerprint density at radius 2 is 2.00 bits per heavy atom. The minimum absolute atomic E-state index is 0.204. The van der Waals surface area contributed by atoms with Crippen LogP contribution in [0.3, 0.4) is 0 Å². The molecular weight excluding hydrogens is 373 g/mol. The molecule has 26 heavy (non-hydrogen) atoms. The van der Waals surface area contributed by atoms with E-state index in [2.05, 4.69) is 10.2 Å². The Morgan fingerprint density at radius 1 is 1.19 bits per heavy atom. The lowest BCUT2D eigenvalue weighted by atomic mass is 10.2. The lowest BCUT2D eigenvalue weighted by molar-refractivity contribution is 0.286. The van der Waals surface area contributed by atoms with E-state index in [1.807, 2.05) is 36.6 Å². The fourth-order valence-corrected chi connectivity index (χ4v) is 3.76. The largest absolute Gasteiger partial charge is 0.485 e. The van der Waals surface area contributed by atoms with Gasteiger partial charge in [-0.15, -0.1) is 10.2 Å². The van der Waals surface area contributed by atoms with Crippen LogP contribution in [0.1, 0.15) is 23.9 Å². The summed E-state index contributed by atoms with van der Waals surface area (Å²) in [6, 6.07) is 12.3. The van der Waals surface area contributed by atoms with Gasteiger partial charge in [0.25, 0.3) is 0 Å². The smallest absolute Gasteiger partial charge is 0.191 e. The van der Waals surface area contributed by atoms with Crippen LogP contribution in [0, 0.1) is 12.7 Å². The van der Waals surface area contributed by atoms with Crippen molar-refractivity contribution in [2.75, 3.05) is 0 Å². The second-order valence-corrected chi connectivity index (χ2v) is 7.10. The first-order valence-corrected chi connectivity index (χ1v) is 9.62. The van der Waals surface area contributed by atoms with Gasteiger partial charge in [-0.3, -0.25) is 0 Å². The predicted octanol–water partition coefficient (Wildman–Crippen LogP) is 5.27. The van der Waals surface area contributed by atoms with Crippen molar-refractivity contribution in [1.29, 1.82) is 0 Å². The minimum Gasteiger partial charge on any atom is -0.485 e. The molecule has 0 saturated carbocycles. The minimum atomic E-state index is -0.204. The van der Waals surface area contributed by atoms with E-state index in [0.29, 0.717) is 29.5 Å². The number of aromatic nitrogens is 3. The maximum absolute atomic E-state index is 13.8. The average molecular weight is 392 g/mol. The second kappa shape index (κ2) is 8.56. The standard InChI is InChI=1S/C19H19ClFN3OS/c1-3-24-18(11-25-17-9-8-15(20)10-13(17)2)22-23-19(24)26-12-14-6-4-5-7-16(14)21/h4-10H,3,11-12H2,1-2H3. The quantitative estimate of drug-likeness (QED) is 0.514. The van der Waals surface area contributed by atoms with Gasteiger partial charge in [0.15, 0.2) is 11.0 Å². The normalized spacial score (nSPS) is 10.9. The maximum Gasteiger partial charge on any atom is 0.191 e. The zero-order chi connectivity index (χ0) is 18.5. The number of aryl methyl sites for hydroxylation is 1. The third-order valence-electron chi connectivity index (χ3n) is 3.92. The molecule has 0 amide bonds. The predicted molar refractivity (Wildman–Crippen MR) is 102 cm³/mol. The van der Waals surface area contributed by atoms with Crippen molar-refractivity contribution >= 4 is 23.4 Å². The molecule has 0 aliphatic rings. The fraction of sp³-hybridized carbons (Fsp3) is 0.263. The molecule has 1 heterocycles. The molecule has 3 rings (SSSR count). The van der Waals surface area contributed by atoms with Crippen LogP contribution in [-0.2, 0) is 18.9 Å². The molecule has 7 heteroatoms. The molecule has 0 spiro atoms. The SMILES string of the molecule is CCn1c(COc2ccc(Cl)cc2C)nnc1SCc1ccccc1F. The van der Waals surface area contributed by atoms with Crippen LogP contribution in [-0.4, -0.2) is 14.8 Å². The molecule has 0 fully saturated rings. The second-order valence-electron chi connectivity index (χ2n) is 5.72. The summed E-state index contributed by atoms with van der Waals surface area (Å²) in [5.74, 6) is 1.80. The summed E-state index contributed by atoms with van der Waals surface area (Å²) in [5.41, 5.74) is 1.62. The third kappa shape index (κ3) is 4.37. The summed E-state index contributed by atoms with van der Waals surface area (Å²) in [6.07, 6.45) is 0. The Balaban J connectivity index is 1.68. The van der Waals surface area contributed by atoms with Crippen molar-refractivity contribution < 1.29 is 9.13 Å². The Bertz CT molecular complexity index is 900. The van der Waals surface area contributed by atoms with Crippen LogP contribution in [0.5, 0.6) is 5.75 Å². The lowest BCUT2D eigenvalue weighted by Gasteiger charge is -2.11. The van der Waals surface area contributed by atoms with Gasteiger partial charge < -0.3 is 9.30 Å². The van der Waals surface area contributed by atoms with E-state index in [-0.39, 0.29) is 5.82 Å². The van der Waals surface area contributed by atoms with E-state index < -0.39 is 0 Å². The highest BCUT2D eigenvalue weighted by Crippen LogP contribution is 2.25. The molecule has 0 atom stereocenters. The van der Waals surface area contributed by atoms with E-state index >= 15 is 0 Å². The zero-order valence-electron chi connectivity index (χ0n) is 14.6. The molecular formula is C19H19ClFN3OS. The summed E-state index contributed by atoms with van der Waals surface area (Å²) >= 11 is 7.43. The molecule has 4 nitrogen and oxygen atoms in total. The number of benzene rings is 2. The summed E-state index contributed by atoms with van der Waals surface area (Å²) < 4.78 is 21.6. The molecule has 0 unspecified atom stereocenters. The highest BCUT2D eigenvalue weighted by molar-refractivity contribution is 7.98. The topological polar surface area (TPSA) is 39.9 Å². The van der Waals surface area contributed by atoms with Crippen LogP contribution in [0.15, 0.2) is 47.6 Å². The number of nitrogens with zero attached hydrogens (tertiary/aromatic N) is 3. The van der Waals surface area contributed by atoms with Crippen molar-refractivity contribution in [2.45, 2.75) is 37.9 Å². The van der Waals surface area contributed by atoms with E-state index in [1.54, 1.807) is 18.2 Å². The van der Waals surface area contributed by atoms with E-state index in [9.17, 15) is 4.39 Å². The van der Waals surface area contributed by atoms with Crippen LogP contribution in [0.4, 0.5) is 4.39 Å². The Hall–Kier alpha value is -2.05. The first-order valence-electron chi connectivity index (χ1n) is 8.25. The number of hydrogen-bond donors (Lipinski definition) is 0. The molecule has 0 radical (unpaired) electrons. The number of ether oxygens (including phenoxy) is 1. The highest BCUT2D eigenvalue weighted by Gasteiger charge is 2.13. The van der Waals surface area contributed by atoms with Crippen LogP contribution >= 0.6 is 23.4 Å². The number of rotatable bonds is 7. The summed E-state index contributed by atoms with van der Waals surface area (Å²) in [6.45, 7) is 4.99. The first-order chi connectivity index (χ1) is 12.6. The van der Waals surface area contributed by atoms with Gasteiger partial charge in [-0.05, 0) is 49.2 Å². The van der Waals surface area contributed by atoms with Crippen molar-refractivity contribution in [3.8, 4) is 5.75 Å². The van der Waals surface area contributed by atoms with Crippen molar-refractivity contribution in [1.82, 2.24) is 14.8 Å². The van der Waals surface area contributed by atoms with Crippen LogP contribution in [0.25, 0.3) is 0 Å². The highest BCUT2D eigenvalue weighted by atomic mass is 35.5. The molecule has 0 saturated heterocycles. The molecule has 0 N–H and O–H groups in total. The monoisotopic (exact) mass is 391 g/mol. The van der Waals surface area contributed by atoms with Gasteiger partial charge in [0.2, 0.25) is 0 Å². The molecule has 3 aromatic rings. The molecule has 0 bridgehead atoms. The number of halogens is 2. The summed E-state index contributed by atoms with van der Waals surface area (Å²) in [5, 5.41) is 9.90. The Labute approximate surface area is 161 Å². The van der Waals surface area contributed by atoms with E-state index in [0.717, 1.165) is 22.3 Å². The van der Waals surface area contributed by atoms with Gasteiger partial charge >= 0.3 is 0 Å². The van der Waals surface area contributed by atoms with Crippen LogP contribution in [0.2, 0.25) is 5.02 Å². The molecule has 0 aliphatic heterocycles. The van der Waals surface area contributed by atoms with Crippen molar-refractivity contribution in [3.63, 3.8) is 0 Å². The fourth-order valence-electron chi connectivity index (χ4n) is 2.53. The van der Waals surface area contributed by atoms with Gasteiger partial charge in [0.05, 0.1) is 0 Å². The Kier molecular flexibility index (Phi) is 6.16. The van der Waals surface area contributed by atoms with Crippen LogP contribution < -0.4 is 4.74 Å². The maximum atomic E-state index is 13.8. The van der Waals surface area contributed by atoms with E-state index in [4.69, 9.17) is 16.3 Å². The summed E-state index contributed by atoms with van der Waals surface area (Å²) in [7, 11) is 0. The van der Waals surface area contributed by atoms with Gasteiger partial charge in [-0.2, -0.15) is 0 Å². The molecule has 0 aliphatic carbocycles. The molecule has 2 aromatic carbocycles. The lowest BCUT2D eigenvalue weighted by Crippen LogP contribution is -2.07. The summed E-state index contributed by atoms with van der Waals surface area (Å²) in [4.78, 5) is 0. The van der Waals surface area contributed by atoms with Gasteiger partial charge in [-0.25, -0.2) is 4.39 Å². The average Bonchev–Trinajstić information content (AvgIpc) is 3.02. The van der Waals surface area contributed by atoms with Crippen molar-refractivity contribution in [2.24, 2.45) is 0 Å². The van der Waals surface area contributed by atoms with E-state index in [1.165, 1.54) is 17.8 Å². The van der Waals surface area contributed by atoms with Gasteiger partial charge in [-0.1, -0.05) is 41.6 Å². The number of hydrogen-bond acceptors (Lipinski definition) is 4. The Morgan fingerprint density at radius 3 is 2.73 bits per heavy atom. The zero-order valence-corrected chi connectivity index (χ0v) is 16.1. The van der Waals surface area contributed by atoms with Gasteiger partial charge in [0, 0.05) is 17.3 Å². The first kappa shape index (κ1) is 18.7. The molecule has 1 aromatic heterocycles. The number of thioether (sulfide) groups is 1. The van der Waals surface area contributed by atoms with Gasteiger partial charge in [0.1, 0.15) is 18.2 Å². The van der Waals surface area contributed by atoms with Crippen molar-refractivity contribution in [3.05, 3.63) is 70.3 Å².